The SMILES string of the molecule is N#CC(COCc1ccccc1)NC(=O)C(CC1CCCCC1)OC(=O)N1CCOCC1. The standard InChI is InChI=1S/C24H33N3O5/c25-16-21(18-31-17-20-9-5-2-6-10-20)26-23(28)22(15-19-7-3-1-4-8-19)32-24(29)27-11-13-30-14-12-27/h2,5-6,9-10,19,21-22H,1,3-4,7-8,11-15,17-18H2,(H,26,28). The Labute approximate surface area is 189 Å². The molecule has 2 amide bonds. The van der Waals surface area contributed by atoms with Gasteiger partial charge in [0.15, 0.2) is 6.10 Å². The van der Waals surface area contributed by atoms with Crippen LogP contribution < -0.4 is 5.32 Å². The molecule has 1 N–H and O–H groups in total. The molecule has 8 nitrogen and oxygen atoms in total. The maximum absolute atomic E-state index is 13.0. The van der Waals surface area contributed by atoms with E-state index in [0.717, 1.165) is 31.2 Å². The Morgan fingerprint density at radius 1 is 1.16 bits per heavy atom. The Bertz CT molecular complexity index is 755. The molecule has 1 saturated heterocycles. The van der Waals surface area contributed by atoms with Crippen molar-refractivity contribution in [2.75, 3.05) is 32.9 Å². The predicted molar refractivity (Wildman–Crippen MR) is 117 cm³/mol. The van der Waals surface area contributed by atoms with Crippen LogP contribution >= 0.6 is 0 Å². The number of carbonyl (C=O) groups excluding carboxylic acids is 2. The molecule has 2 unspecified atom stereocenters. The molecule has 0 radical (unpaired) electrons. The number of ether oxygens (including phenoxy) is 3. The smallest absolute Gasteiger partial charge is 0.410 e. The van der Waals surface area contributed by atoms with Gasteiger partial charge < -0.3 is 24.4 Å². The third-order valence-corrected chi connectivity index (χ3v) is 5.95. The summed E-state index contributed by atoms with van der Waals surface area (Å²) in [4.78, 5) is 27.2. The molecule has 1 aliphatic carbocycles. The zero-order valence-corrected chi connectivity index (χ0v) is 18.5. The molecule has 174 valence electrons. The lowest BCUT2D eigenvalue weighted by Crippen LogP contribution is -2.48. The van der Waals surface area contributed by atoms with Crippen LogP contribution in [0.5, 0.6) is 0 Å². The number of nitrogens with one attached hydrogen (secondary N) is 1. The highest BCUT2D eigenvalue weighted by atomic mass is 16.6. The molecule has 0 spiro atoms. The number of nitriles is 1. The van der Waals surface area contributed by atoms with E-state index in [1.807, 2.05) is 30.3 Å². The summed E-state index contributed by atoms with van der Waals surface area (Å²) in [5.74, 6) is -0.0982. The summed E-state index contributed by atoms with van der Waals surface area (Å²) in [6.07, 6.45) is 4.58. The minimum absolute atomic E-state index is 0.0602. The summed E-state index contributed by atoms with van der Waals surface area (Å²) >= 11 is 0. The number of benzene rings is 1. The van der Waals surface area contributed by atoms with Crippen LogP contribution in [0, 0.1) is 17.2 Å². The fourth-order valence-electron chi connectivity index (χ4n) is 4.12. The van der Waals surface area contributed by atoms with Crippen molar-refractivity contribution in [2.45, 2.75) is 57.3 Å². The van der Waals surface area contributed by atoms with Gasteiger partial charge in [-0.1, -0.05) is 62.4 Å². The summed E-state index contributed by atoms with van der Waals surface area (Å²) in [6, 6.07) is 10.9. The van der Waals surface area contributed by atoms with Crippen molar-refractivity contribution < 1.29 is 23.8 Å². The highest BCUT2D eigenvalue weighted by Crippen LogP contribution is 2.28. The van der Waals surface area contributed by atoms with E-state index in [1.54, 1.807) is 4.90 Å². The minimum atomic E-state index is -0.918. The fourth-order valence-corrected chi connectivity index (χ4v) is 4.12. The molecule has 0 bridgehead atoms. The molecule has 8 heteroatoms. The number of nitrogens with zero attached hydrogens (tertiary/aromatic N) is 2. The molecule has 1 aromatic carbocycles. The number of morpholine rings is 1. The van der Waals surface area contributed by atoms with Crippen LogP contribution in [0.15, 0.2) is 30.3 Å². The normalized spacial score (nSPS) is 18.9. The molecule has 1 aliphatic heterocycles. The Morgan fingerprint density at radius 3 is 2.56 bits per heavy atom. The highest BCUT2D eigenvalue weighted by Gasteiger charge is 2.31. The van der Waals surface area contributed by atoms with E-state index in [9.17, 15) is 14.9 Å². The monoisotopic (exact) mass is 443 g/mol. The summed E-state index contributed by atoms with van der Waals surface area (Å²) < 4.78 is 16.5. The van der Waals surface area contributed by atoms with Crippen molar-refractivity contribution in [3.05, 3.63) is 35.9 Å². The van der Waals surface area contributed by atoms with E-state index >= 15 is 0 Å². The van der Waals surface area contributed by atoms with Crippen LogP contribution in [0.2, 0.25) is 0 Å². The topological polar surface area (TPSA) is 101 Å². The van der Waals surface area contributed by atoms with Gasteiger partial charge in [-0.05, 0) is 17.9 Å². The van der Waals surface area contributed by atoms with Crippen molar-refractivity contribution in [3.8, 4) is 6.07 Å². The average molecular weight is 444 g/mol. The van der Waals surface area contributed by atoms with Crippen molar-refractivity contribution in [2.24, 2.45) is 5.92 Å². The second-order valence-corrected chi connectivity index (χ2v) is 8.40. The van der Waals surface area contributed by atoms with E-state index in [4.69, 9.17) is 14.2 Å². The second kappa shape index (κ2) is 13.0. The number of amides is 2. The lowest BCUT2D eigenvalue weighted by molar-refractivity contribution is -0.132. The lowest BCUT2D eigenvalue weighted by Gasteiger charge is -2.30. The van der Waals surface area contributed by atoms with Crippen molar-refractivity contribution in [1.82, 2.24) is 10.2 Å². The molecule has 0 aromatic heterocycles. The van der Waals surface area contributed by atoms with Gasteiger partial charge in [0.05, 0.1) is 32.5 Å². The Kier molecular flexibility index (Phi) is 9.79. The fraction of sp³-hybridized carbons (Fsp3) is 0.625. The van der Waals surface area contributed by atoms with E-state index in [-0.39, 0.29) is 6.61 Å². The van der Waals surface area contributed by atoms with Crippen LogP contribution in [-0.2, 0) is 25.6 Å². The molecule has 1 aromatic rings. The molecule has 32 heavy (non-hydrogen) atoms. The van der Waals surface area contributed by atoms with Crippen LogP contribution in [0.3, 0.4) is 0 Å². The molecule has 2 fully saturated rings. The third kappa shape index (κ3) is 7.81. The maximum atomic E-state index is 13.0. The Morgan fingerprint density at radius 2 is 1.88 bits per heavy atom. The van der Waals surface area contributed by atoms with Gasteiger partial charge in [0.1, 0.15) is 6.04 Å². The Hall–Kier alpha value is -2.63. The van der Waals surface area contributed by atoms with E-state index in [0.29, 0.717) is 45.2 Å². The van der Waals surface area contributed by atoms with Gasteiger partial charge in [0.2, 0.25) is 0 Å². The zero-order valence-electron chi connectivity index (χ0n) is 18.5. The van der Waals surface area contributed by atoms with Gasteiger partial charge in [-0.25, -0.2) is 4.79 Å². The van der Waals surface area contributed by atoms with Crippen molar-refractivity contribution >= 4 is 12.0 Å². The number of hydrogen-bond acceptors (Lipinski definition) is 6. The van der Waals surface area contributed by atoms with E-state index in [2.05, 4.69) is 11.4 Å². The second-order valence-electron chi connectivity index (χ2n) is 8.40. The largest absolute Gasteiger partial charge is 0.436 e. The van der Waals surface area contributed by atoms with Crippen LogP contribution in [-0.4, -0.2) is 62.0 Å². The quantitative estimate of drug-likeness (QED) is 0.630. The third-order valence-electron chi connectivity index (χ3n) is 5.95. The number of carbonyl (C=O) groups is 2. The summed E-state index contributed by atoms with van der Waals surface area (Å²) in [5.41, 5.74) is 0.991. The first kappa shape index (κ1) is 24.0. The first-order valence-electron chi connectivity index (χ1n) is 11.5. The average Bonchev–Trinajstić information content (AvgIpc) is 2.84. The number of hydrogen-bond donors (Lipinski definition) is 1. The van der Waals surface area contributed by atoms with Crippen molar-refractivity contribution in [1.29, 1.82) is 5.26 Å². The predicted octanol–water partition coefficient (Wildman–Crippen LogP) is 3.02. The van der Waals surface area contributed by atoms with Gasteiger partial charge in [-0.3, -0.25) is 4.79 Å². The summed E-state index contributed by atoms with van der Waals surface area (Å²) in [6.45, 7) is 2.24. The minimum Gasteiger partial charge on any atom is -0.436 e. The van der Waals surface area contributed by atoms with Crippen LogP contribution in [0.4, 0.5) is 4.79 Å². The number of rotatable bonds is 9. The van der Waals surface area contributed by atoms with Gasteiger partial charge in [0, 0.05) is 13.1 Å². The first-order chi connectivity index (χ1) is 15.7. The molecule has 2 atom stereocenters. The van der Waals surface area contributed by atoms with Crippen molar-refractivity contribution in [3.63, 3.8) is 0 Å². The first-order valence-corrected chi connectivity index (χ1v) is 11.5. The van der Waals surface area contributed by atoms with E-state index < -0.39 is 24.1 Å². The molecule has 1 saturated carbocycles. The van der Waals surface area contributed by atoms with Crippen LogP contribution in [0.25, 0.3) is 0 Å². The van der Waals surface area contributed by atoms with Gasteiger partial charge >= 0.3 is 6.09 Å². The molecular weight excluding hydrogens is 410 g/mol. The van der Waals surface area contributed by atoms with E-state index in [1.165, 1.54) is 6.42 Å². The zero-order chi connectivity index (χ0) is 22.6. The molecule has 1 heterocycles. The molecule has 2 aliphatic rings. The van der Waals surface area contributed by atoms with Crippen LogP contribution in [0.1, 0.15) is 44.1 Å². The van der Waals surface area contributed by atoms with Gasteiger partial charge in [-0.15, -0.1) is 0 Å². The summed E-state index contributed by atoms with van der Waals surface area (Å²) in [7, 11) is 0. The molecular formula is C24H33N3O5. The van der Waals surface area contributed by atoms with Gasteiger partial charge in [0.25, 0.3) is 5.91 Å². The lowest BCUT2D eigenvalue weighted by atomic mass is 9.85. The van der Waals surface area contributed by atoms with Gasteiger partial charge in [-0.2, -0.15) is 5.26 Å². The maximum Gasteiger partial charge on any atom is 0.410 e. The Balaban J connectivity index is 1.55. The highest BCUT2D eigenvalue weighted by molar-refractivity contribution is 5.84. The molecule has 3 rings (SSSR count). The summed E-state index contributed by atoms with van der Waals surface area (Å²) in [5, 5.41) is 12.2.